The summed E-state index contributed by atoms with van der Waals surface area (Å²) in [6.07, 6.45) is -0.951. The van der Waals surface area contributed by atoms with E-state index in [4.69, 9.17) is 18.0 Å². The van der Waals surface area contributed by atoms with Crippen molar-refractivity contribution < 1.29 is 13.5 Å². The molecular weight excluding hydrogens is 250 g/mol. The van der Waals surface area contributed by atoms with Crippen LogP contribution in [0.2, 0.25) is 0 Å². The second kappa shape index (κ2) is 7.02. The molecule has 94 valence electrons. The fourth-order valence-electron chi connectivity index (χ4n) is 0.989. The zero-order valence-electron chi connectivity index (χ0n) is 8.90. The van der Waals surface area contributed by atoms with E-state index in [1.807, 2.05) is 0 Å². The van der Waals surface area contributed by atoms with Gasteiger partial charge < -0.3 is 15.8 Å². The number of nitrogens with zero attached hydrogens (tertiary/aromatic N) is 2. The molecule has 0 amide bonds. The van der Waals surface area contributed by atoms with Crippen molar-refractivity contribution in [2.24, 2.45) is 5.73 Å². The third kappa shape index (κ3) is 5.45. The van der Waals surface area contributed by atoms with Crippen LogP contribution < -0.4 is 11.1 Å². The molecule has 0 aliphatic carbocycles. The molecule has 1 aromatic rings. The molecule has 0 unspecified atom stereocenters. The third-order valence-corrected chi connectivity index (χ3v) is 1.89. The fraction of sp³-hybridized carbons (Fsp3) is 0.444. The van der Waals surface area contributed by atoms with E-state index in [0.717, 1.165) is 0 Å². The first kappa shape index (κ1) is 13.7. The molecule has 0 atom stereocenters. The topological polar surface area (TPSA) is 73.1 Å². The highest BCUT2D eigenvalue weighted by atomic mass is 32.1. The van der Waals surface area contributed by atoms with Crippen molar-refractivity contribution in [2.45, 2.75) is 6.43 Å². The Balaban J connectivity index is 2.31. The summed E-state index contributed by atoms with van der Waals surface area (Å²) in [5.41, 5.74) is 5.85. The smallest absolute Gasteiger partial charge is 0.261 e. The Morgan fingerprint density at radius 2 is 2.35 bits per heavy atom. The number of alkyl halides is 2. The van der Waals surface area contributed by atoms with E-state index < -0.39 is 13.0 Å². The van der Waals surface area contributed by atoms with Crippen LogP contribution in [0.25, 0.3) is 0 Å². The van der Waals surface area contributed by atoms with E-state index in [-0.39, 0.29) is 11.6 Å². The number of halogens is 2. The standard InChI is InChI=1S/C9H12F2N4OS/c10-7(11)5-16-4-3-14-9-13-2-1-6(15-9)8(12)17/h1-2,7H,3-5H2,(H2,12,17)(H,13,14,15). The maximum atomic E-state index is 11.7. The monoisotopic (exact) mass is 262 g/mol. The van der Waals surface area contributed by atoms with Crippen LogP contribution in [0.5, 0.6) is 0 Å². The minimum atomic E-state index is -2.45. The van der Waals surface area contributed by atoms with Crippen molar-refractivity contribution in [1.82, 2.24) is 9.97 Å². The quantitative estimate of drug-likeness (QED) is 0.559. The van der Waals surface area contributed by atoms with Gasteiger partial charge in [0.05, 0.1) is 6.61 Å². The molecule has 0 aromatic carbocycles. The van der Waals surface area contributed by atoms with Crippen LogP contribution in [0.15, 0.2) is 12.3 Å². The van der Waals surface area contributed by atoms with E-state index >= 15 is 0 Å². The lowest BCUT2D eigenvalue weighted by Crippen LogP contribution is -2.16. The highest BCUT2D eigenvalue weighted by molar-refractivity contribution is 7.80. The number of nitrogens with two attached hydrogens (primary N) is 1. The van der Waals surface area contributed by atoms with Crippen LogP contribution in [-0.4, -0.2) is 41.1 Å². The Morgan fingerprint density at radius 3 is 3.00 bits per heavy atom. The van der Waals surface area contributed by atoms with Gasteiger partial charge in [-0.1, -0.05) is 12.2 Å². The molecule has 1 aromatic heterocycles. The molecule has 5 nitrogen and oxygen atoms in total. The van der Waals surface area contributed by atoms with Crippen LogP contribution in [0.4, 0.5) is 14.7 Å². The summed E-state index contributed by atoms with van der Waals surface area (Å²) in [7, 11) is 0. The normalized spacial score (nSPS) is 10.5. The molecule has 3 N–H and O–H groups in total. The Labute approximate surface area is 102 Å². The van der Waals surface area contributed by atoms with E-state index in [1.54, 1.807) is 6.07 Å². The molecule has 1 heterocycles. The number of thiocarbonyl (C=S) groups is 1. The van der Waals surface area contributed by atoms with Gasteiger partial charge in [0.15, 0.2) is 0 Å². The number of aromatic nitrogens is 2. The van der Waals surface area contributed by atoms with Crippen LogP contribution in [-0.2, 0) is 4.74 Å². The molecule has 0 fully saturated rings. The van der Waals surface area contributed by atoms with E-state index in [1.165, 1.54) is 6.20 Å². The molecule has 0 radical (unpaired) electrons. The Bertz CT molecular complexity index is 378. The predicted molar refractivity (Wildman–Crippen MR) is 63.2 cm³/mol. The van der Waals surface area contributed by atoms with E-state index in [9.17, 15) is 8.78 Å². The van der Waals surface area contributed by atoms with Gasteiger partial charge in [-0.05, 0) is 6.07 Å². The lowest BCUT2D eigenvalue weighted by atomic mass is 10.4. The molecule has 0 aliphatic rings. The molecule has 0 bridgehead atoms. The van der Waals surface area contributed by atoms with Crippen molar-refractivity contribution in [2.75, 3.05) is 25.1 Å². The van der Waals surface area contributed by atoms with Crippen molar-refractivity contribution in [1.29, 1.82) is 0 Å². The lowest BCUT2D eigenvalue weighted by molar-refractivity contribution is 0.0214. The first-order chi connectivity index (χ1) is 8.09. The van der Waals surface area contributed by atoms with Gasteiger partial charge in [0.25, 0.3) is 6.43 Å². The van der Waals surface area contributed by atoms with Crippen LogP contribution in [0.3, 0.4) is 0 Å². The zero-order chi connectivity index (χ0) is 12.7. The Morgan fingerprint density at radius 1 is 1.59 bits per heavy atom. The van der Waals surface area contributed by atoms with Crippen molar-refractivity contribution in [3.8, 4) is 0 Å². The molecule has 1 rings (SSSR count). The second-order valence-corrected chi connectivity index (χ2v) is 3.46. The predicted octanol–water partition coefficient (Wildman–Crippen LogP) is 0.804. The second-order valence-electron chi connectivity index (χ2n) is 3.02. The van der Waals surface area contributed by atoms with Crippen molar-refractivity contribution in [3.05, 3.63) is 18.0 Å². The average Bonchev–Trinajstić information content (AvgIpc) is 2.28. The molecule has 0 saturated heterocycles. The average molecular weight is 262 g/mol. The number of hydrogen-bond acceptors (Lipinski definition) is 5. The van der Waals surface area contributed by atoms with E-state index in [2.05, 4.69) is 20.0 Å². The van der Waals surface area contributed by atoms with Gasteiger partial charge in [-0.3, -0.25) is 0 Å². The summed E-state index contributed by atoms with van der Waals surface area (Å²) in [5.74, 6) is 0.330. The lowest BCUT2D eigenvalue weighted by Gasteiger charge is -2.06. The number of ether oxygens (including phenoxy) is 1. The number of hydrogen-bond donors (Lipinski definition) is 2. The molecule has 8 heteroatoms. The maximum Gasteiger partial charge on any atom is 0.261 e. The maximum absolute atomic E-state index is 11.7. The van der Waals surface area contributed by atoms with Crippen LogP contribution >= 0.6 is 12.2 Å². The zero-order valence-corrected chi connectivity index (χ0v) is 9.71. The van der Waals surface area contributed by atoms with Crippen LogP contribution in [0.1, 0.15) is 5.69 Å². The van der Waals surface area contributed by atoms with Gasteiger partial charge in [-0.25, -0.2) is 18.7 Å². The van der Waals surface area contributed by atoms with Gasteiger partial charge in [0.2, 0.25) is 5.95 Å². The third-order valence-electron chi connectivity index (χ3n) is 1.68. The number of rotatable bonds is 7. The summed E-state index contributed by atoms with van der Waals surface area (Å²) in [6.45, 7) is -0.103. The van der Waals surface area contributed by atoms with Gasteiger partial charge in [0.1, 0.15) is 17.3 Å². The number of anilines is 1. The van der Waals surface area contributed by atoms with Crippen molar-refractivity contribution in [3.63, 3.8) is 0 Å². The highest BCUT2D eigenvalue weighted by Crippen LogP contribution is 2.00. The van der Waals surface area contributed by atoms with Gasteiger partial charge in [-0.2, -0.15) is 0 Å². The Hall–Kier alpha value is -1.41. The molecule has 0 spiro atoms. The minimum absolute atomic E-state index is 0.144. The van der Waals surface area contributed by atoms with Gasteiger partial charge >= 0.3 is 0 Å². The first-order valence-electron chi connectivity index (χ1n) is 4.82. The molecule has 0 saturated carbocycles. The molecular formula is C9H12F2N4OS. The van der Waals surface area contributed by atoms with E-state index in [0.29, 0.717) is 18.2 Å². The first-order valence-corrected chi connectivity index (χ1v) is 5.23. The van der Waals surface area contributed by atoms with Gasteiger partial charge in [0, 0.05) is 12.7 Å². The van der Waals surface area contributed by atoms with Crippen LogP contribution in [0, 0.1) is 0 Å². The fourth-order valence-corrected chi connectivity index (χ4v) is 1.10. The van der Waals surface area contributed by atoms with Crippen molar-refractivity contribution >= 4 is 23.2 Å². The number of nitrogens with one attached hydrogen (secondary N) is 1. The molecule has 17 heavy (non-hydrogen) atoms. The molecule has 0 aliphatic heterocycles. The minimum Gasteiger partial charge on any atom is -0.388 e. The SMILES string of the molecule is NC(=S)c1ccnc(NCCOCC(F)F)n1. The largest absolute Gasteiger partial charge is 0.388 e. The summed E-state index contributed by atoms with van der Waals surface area (Å²) in [5, 5.41) is 2.81. The van der Waals surface area contributed by atoms with Gasteiger partial charge in [-0.15, -0.1) is 0 Å². The summed E-state index contributed by atoms with van der Waals surface area (Å²) >= 11 is 4.76. The summed E-state index contributed by atoms with van der Waals surface area (Å²) in [6, 6.07) is 1.58. The highest BCUT2D eigenvalue weighted by Gasteiger charge is 2.02. The summed E-state index contributed by atoms with van der Waals surface area (Å²) < 4.78 is 28.1. The Kier molecular flexibility index (Phi) is 5.64. The summed E-state index contributed by atoms with van der Waals surface area (Å²) in [4.78, 5) is 8.10.